The van der Waals surface area contributed by atoms with Crippen LogP contribution in [0.5, 0.6) is 0 Å². The molecule has 4 nitrogen and oxygen atoms in total. The van der Waals surface area contributed by atoms with Crippen molar-refractivity contribution in [3.8, 4) is 0 Å². The van der Waals surface area contributed by atoms with Gasteiger partial charge in [-0.3, -0.25) is 5.32 Å². The van der Waals surface area contributed by atoms with Gasteiger partial charge in [0.15, 0.2) is 0 Å². The predicted octanol–water partition coefficient (Wildman–Crippen LogP) is 1.83. The second kappa shape index (κ2) is 7.92. The van der Waals surface area contributed by atoms with Gasteiger partial charge in [0.05, 0.1) is 6.61 Å². The molecule has 0 aliphatic carbocycles. The van der Waals surface area contributed by atoms with Crippen molar-refractivity contribution in [2.45, 2.75) is 25.9 Å². The summed E-state index contributed by atoms with van der Waals surface area (Å²) in [6, 6.07) is 9.48. The van der Waals surface area contributed by atoms with E-state index >= 15 is 0 Å². The number of likely N-dealkylation sites (N-methyl/N-ethyl adjacent to an activating group) is 1. The van der Waals surface area contributed by atoms with Gasteiger partial charge in [0.2, 0.25) is 0 Å². The Labute approximate surface area is 115 Å². The van der Waals surface area contributed by atoms with E-state index < -0.39 is 6.04 Å². The fourth-order valence-corrected chi connectivity index (χ4v) is 2.06. The third kappa shape index (κ3) is 5.41. The zero-order chi connectivity index (χ0) is 14.3. The number of rotatable bonds is 7. The molecular formula is C15H24N2O2. The zero-order valence-electron chi connectivity index (χ0n) is 12.2. The van der Waals surface area contributed by atoms with Gasteiger partial charge in [-0.15, -0.1) is 0 Å². The van der Waals surface area contributed by atoms with Gasteiger partial charge in [-0.25, -0.2) is 4.79 Å². The van der Waals surface area contributed by atoms with Crippen molar-refractivity contribution < 1.29 is 9.53 Å². The molecule has 0 aliphatic heterocycles. The molecule has 19 heavy (non-hydrogen) atoms. The molecule has 1 N–H and O–H groups in total. The lowest BCUT2D eigenvalue weighted by atomic mass is 10.1. The topological polar surface area (TPSA) is 41.6 Å². The first-order valence-electron chi connectivity index (χ1n) is 6.67. The normalized spacial score (nSPS) is 14.2. The number of benzene rings is 1. The van der Waals surface area contributed by atoms with Gasteiger partial charge in [-0.05, 0) is 33.5 Å². The van der Waals surface area contributed by atoms with E-state index in [1.165, 1.54) is 0 Å². The number of hydrogen-bond donors (Lipinski definition) is 1. The van der Waals surface area contributed by atoms with Gasteiger partial charge < -0.3 is 9.64 Å². The third-order valence-electron chi connectivity index (χ3n) is 2.75. The molecule has 0 bridgehead atoms. The van der Waals surface area contributed by atoms with Crippen molar-refractivity contribution in [3.63, 3.8) is 0 Å². The minimum absolute atomic E-state index is 0.199. The molecule has 0 aromatic heterocycles. The standard InChI is InChI=1S/C15H24N2O2/c1-5-19-15(18)14(13-9-7-6-8-10-13)16-12(2)11-17(3)4/h6-10,12,14,16H,5,11H2,1-4H3. The van der Waals surface area contributed by atoms with Gasteiger partial charge >= 0.3 is 5.97 Å². The molecule has 2 atom stereocenters. The molecule has 0 heterocycles. The fraction of sp³-hybridized carbons (Fsp3) is 0.533. The van der Waals surface area contributed by atoms with Crippen LogP contribution >= 0.6 is 0 Å². The minimum atomic E-state index is -0.406. The van der Waals surface area contributed by atoms with Crippen LogP contribution in [0, 0.1) is 0 Å². The summed E-state index contributed by atoms with van der Waals surface area (Å²) in [5.41, 5.74) is 0.937. The lowest BCUT2D eigenvalue weighted by Gasteiger charge is -2.24. The summed E-state index contributed by atoms with van der Waals surface area (Å²) in [7, 11) is 4.03. The Morgan fingerprint density at radius 2 is 1.95 bits per heavy atom. The van der Waals surface area contributed by atoms with Crippen LogP contribution in [0.3, 0.4) is 0 Å². The zero-order valence-corrected chi connectivity index (χ0v) is 12.2. The average molecular weight is 264 g/mol. The summed E-state index contributed by atoms with van der Waals surface area (Å²) >= 11 is 0. The molecule has 0 amide bonds. The van der Waals surface area contributed by atoms with E-state index in [9.17, 15) is 4.79 Å². The van der Waals surface area contributed by atoms with E-state index in [1.807, 2.05) is 51.4 Å². The monoisotopic (exact) mass is 264 g/mol. The van der Waals surface area contributed by atoms with E-state index in [4.69, 9.17) is 4.74 Å². The highest BCUT2D eigenvalue weighted by Crippen LogP contribution is 2.15. The summed E-state index contributed by atoms with van der Waals surface area (Å²) in [6.07, 6.45) is 0. The molecule has 2 unspecified atom stereocenters. The molecule has 0 fully saturated rings. The molecule has 0 aliphatic rings. The lowest BCUT2D eigenvalue weighted by Crippen LogP contribution is -2.41. The van der Waals surface area contributed by atoms with Crippen LogP contribution in [-0.4, -0.2) is 44.2 Å². The molecule has 1 aromatic carbocycles. The summed E-state index contributed by atoms with van der Waals surface area (Å²) in [5, 5.41) is 3.33. The Morgan fingerprint density at radius 1 is 1.32 bits per heavy atom. The van der Waals surface area contributed by atoms with Crippen molar-refractivity contribution in [2.75, 3.05) is 27.2 Å². The van der Waals surface area contributed by atoms with Crippen molar-refractivity contribution >= 4 is 5.97 Å². The van der Waals surface area contributed by atoms with Crippen LogP contribution in [0.15, 0.2) is 30.3 Å². The summed E-state index contributed by atoms with van der Waals surface area (Å²) in [6.45, 7) is 5.15. The van der Waals surface area contributed by atoms with Gasteiger partial charge in [0.25, 0.3) is 0 Å². The van der Waals surface area contributed by atoms with E-state index in [-0.39, 0.29) is 12.0 Å². The first kappa shape index (κ1) is 15.7. The van der Waals surface area contributed by atoms with Gasteiger partial charge in [0, 0.05) is 12.6 Å². The second-order valence-electron chi connectivity index (χ2n) is 4.93. The van der Waals surface area contributed by atoms with Crippen LogP contribution in [0.1, 0.15) is 25.5 Å². The number of hydrogen-bond acceptors (Lipinski definition) is 4. The third-order valence-corrected chi connectivity index (χ3v) is 2.75. The van der Waals surface area contributed by atoms with Crippen molar-refractivity contribution in [1.82, 2.24) is 10.2 Å². The number of ether oxygens (including phenoxy) is 1. The van der Waals surface area contributed by atoms with Crippen LogP contribution < -0.4 is 5.32 Å². The van der Waals surface area contributed by atoms with E-state index in [0.29, 0.717) is 6.61 Å². The molecule has 1 aromatic rings. The summed E-state index contributed by atoms with van der Waals surface area (Å²) < 4.78 is 5.15. The number of carbonyl (C=O) groups excluding carboxylic acids is 1. The molecule has 0 saturated heterocycles. The number of esters is 1. The molecule has 106 valence electrons. The van der Waals surface area contributed by atoms with Gasteiger partial charge in [0.1, 0.15) is 6.04 Å². The largest absolute Gasteiger partial charge is 0.465 e. The summed E-state index contributed by atoms with van der Waals surface area (Å²) in [4.78, 5) is 14.2. The molecular weight excluding hydrogens is 240 g/mol. The average Bonchev–Trinajstić information content (AvgIpc) is 2.36. The highest BCUT2D eigenvalue weighted by molar-refractivity contribution is 5.77. The molecule has 0 spiro atoms. The van der Waals surface area contributed by atoms with E-state index in [2.05, 4.69) is 17.1 Å². The summed E-state index contributed by atoms with van der Waals surface area (Å²) in [5.74, 6) is -0.223. The highest BCUT2D eigenvalue weighted by Gasteiger charge is 2.23. The first-order chi connectivity index (χ1) is 9.04. The molecule has 4 heteroatoms. The van der Waals surface area contributed by atoms with Gasteiger partial charge in [-0.2, -0.15) is 0 Å². The van der Waals surface area contributed by atoms with E-state index in [0.717, 1.165) is 12.1 Å². The maximum absolute atomic E-state index is 12.1. The smallest absolute Gasteiger partial charge is 0.327 e. The number of nitrogens with one attached hydrogen (secondary N) is 1. The van der Waals surface area contributed by atoms with Crippen LogP contribution in [0.25, 0.3) is 0 Å². The van der Waals surface area contributed by atoms with Crippen LogP contribution in [0.4, 0.5) is 0 Å². The maximum atomic E-state index is 12.1. The minimum Gasteiger partial charge on any atom is -0.465 e. The second-order valence-corrected chi connectivity index (χ2v) is 4.93. The first-order valence-corrected chi connectivity index (χ1v) is 6.67. The fourth-order valence-electron chi connectivity index (χ4n) is 2.06. The molecule has 1 rings (SSSR count). The van der Waals surface area contributed by atoms with Crippen LogP contribution in [0.2, 0.25) is 0 Å². The van der Waals surface area contributed by atoms with Crippen molar-refractivity contribution in [2.24, 2.45) is 0 Å². The number of carbonyl (C=O) groups is 1. The highest BCUT2D eigenvalue weighted by atomic mass is 16.5. The SMILES string of the molecule is CCOC(=O)C(NC(C)CN(C)C)c1ccccc1. The Balaban J connectivity index is 2.78. The van der Waals surface area contributed by atoms with Crippen molar-refractivity contribution in [1.29, 1.82) is 0 Å². The van der Waals surface area contributed by atoms with Crippen molar-refractivity contribution in [3.05, 3.63) is 35.9 Å². The number of nitrogens with zero attached hydrogens (tertiary/aromatic N) is 1. The molecule has 0 saturated carbocycles. The van der Waals surface area contributed by atoms with E-state index in [1.54, 1.807) is 0 Å². The Kier molecular flexibility index (Phi) is 6.53. The van der Waals surface area contributed by atoms with Gasteiger partial charge in [-0.1, -0.05) is 30.3 Å². The Hall–Kier alpha value is -1.39. The Bertz CT molecular complexity index is 379. The lowest BCUT2D eigenvalue weighted by molar-refractivity contribution is -0.146. The predicted molar refractivity (Wildman–Crippen MR) is 77.0 cm³/mol. The Morgan fingerprint density at radius 3 is 2.47 bits per heavy atom. The maximum Gasteiger partial charge on any atom is 0.327 e. The quantitative estimate of drug-likeness (QED) is 0.763. The molecule has 0 radical (unpaired) electrons. The van der Waals surface area contributed by atoms with Crippen LogP contribution in [-0.2, 0) is 9.53 Å².